The van der Waals surface area contributed by atoms with Gasteiger partial charge < -0.3 is 9.47 Å². The van der Waals surface area contributed by atoms with E-state index in [9.17, 15) is 0 Å². The summed E-state index contributed by atoms with van der Waals surface area (Å²) in [5.41, 5.74) is 3.75. The third-order valence-corrected chi connectivity index (χ3v) is 4.88. The summed E-state index contributed by atoms with van der Waals surface area (Å²) in [6, 6.07) is 9.12. The summed E-state index contributed by atoms with van der Waals surface area (Å²) in [6.07, 6.45) is 7.04. The number of aromatic nitrogens is 6. The number of hydrogen-bond donors (Lipinski definition) is 0. The van der Waals surface area contributed by atoms with Crippen LogP contribution in [-0.4, -0.2) is 43.6 Å². The highest BCUT2D eigenvalue weighted by atomic mass is 35.5. The normalized spacial score (nSPS) is 11.3. The molecule has 0 unspecified atom stereocenters. The number of halogens is 1. The maximum absolute atomic E-state index is 6.23. The summed E-state index contributed by atoms with van der Waals surface area (Å²) in [6.45, 7) is 0. The van der Waals surface area contributed by atoms with E-state index < -0.39 is 0 Å². The molecular formula is C20H15ClN6O2. The highest BCUT2D eigenvalue weighted by molar-refractivity contribution is 6.30. The molecule has 4 aromatic heterocycles. The van der Waals surface area contributed by atoms with Gasteiger partial charge in [-0.3, -0.25) is 4.98 Å². The van der Waals surface area contributed by atoms with Crippen molar-refractivity contribution in [2.24, 2.45) is 0 Å². The van der Waals surface area contributed by atoms with Crippen LogP contribution in [0.3, 0.4) is 0 Å². The van der Waals surface area contributed by atoms with Crippen LogP contribution < -0.4 is 9.47 Å². The SMILES string of the molecule is COc1ccc(Cl)cc1-n1nc(OC)c2cnc(-c3cnn4cccnc34)cc21. The number of methoxy groups -OCH3 is 2. The minimum absolute atomic E-state index is 0.457. The van der Waals surface area contributed by atoms with Crippen molar-refractivity contribution in [3.8, 4) is 28.6 Å². The smallest absolute Gasteiger partial charge is 0.242 e. The predicted molar refractivity (Wildman–Crippen MR) is 109 cm³/mol. The maximum Gasteiger partial charge on any atom is 0.242 e. The van der Waals surface area contributed by atoms with Crippen LogP contribution in [-0.2, 0) is 0 Å². The van der Waals surface area contributed by atoms with E-state index in [-0.39, 0.29) is 0 Å². The fourth-order valence-corrected chi connectivity index (χ4v) is 3.47. The van der Waals surface area contributed by atoms with E-state index in [0.717, 1.165) is 27.8 Å². The van der Waals surface area contributed by atoms with Gasteiger partial charge in [-0.25, -0.2) is 14.2 Å². The average molecular weight is 407 g/mol. The van der Waals surface area contributed by atoms with Gasteiger partial charge >= 0.3 is 0 Å². The molecule has 0 amide bonds. The molecule has 0 fully saturated rings. The van der Waals surface area contributed by atoms with Crippen molar-refractivity contribution in [1.82, 2.24) is 29.4 Å². The fourth-order valence-electron chi connectivity index (χ4n) is 3.30. The van der Waals surface area contributed by atoms with E-state index in [4.69, 9.17) is 21.1 Å². The molecule has 0 saturated heterocycles. The van der Waals surface area contributed by atoms with Gasteiger partial charge in [0.1, 0.15) is 11.4 Å². The van der Waals surface area contributed by atoms with Crippen molar-refractivity contribution in [3.63, 3.8) is 0 Å². The summed E-state index contributed by atoms with van der Waals surface area (Å²) < 4.78 is 14.4. The molecule has 29 heavy (non-hydrogen) atoms. The molecule has 0 saturated carbocycles. The van der Waals surface area contributed by atoms with Crippen molar-refractivity contribution in [2.75, 3.05) is 14.2 Å². The van der Waals surface area contributed by atoms with Crippen molar-refractivity contribution in [3.05, 3.63) is 60.1 Å². The molecule has 0 atom stereocenters. The van der Waals surface area contributed by atoms with Gasteiger partial charge in [0.2, 0.25) is 5.88 Å². The highest BCUT2D eigenvalue weighted by Gasteiger charge is 2.18. The highest BCUT2D eigenvalue weighted by Crippen LogP contribution is 2.34. The summed E-state index contributed by atoms with van der Waals surface area (Å²) >= 11 is 6.23. The van der Waals surface area contributed by atoms with E-state index in [1.165, 1.54) is 0 Å². The van der Waals surface area contributed by atoms with Gasteiger partial charge in [0.05, 0.1) is 42.6 Å². The quantitative estimate of drug-likeness (QED) is 0.451. The van der Waals surface area contributed by atoms with E-state index in [0.29, 0.717) is 22.3 Å². The first kappa shape index (κ1) is 17.4. The van der Waals surface area contributed by atoms with Crippen molar-refractivity contribution in [2.45, 2.75) is 0 Å². The van der Waals surface area contributed by atoms with Crippen molar-refractivity contribution in [1.29, 1.82) is 0 Å². The lowest BCUT2D eigenvalue weighted by atomic mass is 10.2. The van der Waals surface area contributed by atoms with E-state index in [1.54, 1.807) is 60.2 Å². The van der Waals surface area contributed by atoms with E-state index in [1.807, 2.05) is 18.3 Å². The second kappa shape index (κ2) is 6.75. The Balaban J connectivity index is 1.78. The molecule has 0 spiro atoms. The Bertz CT molecular complexity index is 1360. The molecule has 0 aliphatic heterocycles. The van der Waals surface area contributed by atoms with Gasteiger partial charge in [-0.15, -0.1) is 5.10 Å². The molecule has 4 heterocycles. The molecule has 0 aliphatic carbocycles. The van der Waals surface area contributed by atoms with E-state index >= 15 is 0 Å². The molecule has 0 N–H and O–H groups in total. The van der Waals surface area contributed by atoms with Gasteiger partial charge in [0.15, 0.2) is 5.65 Å². The largest absolute Gasteiger partial charge is 0.494 e. The third-order valence-electron chi connectivity index (χ3n) is 4.65. The average Bonchev–Trinajstić information content (AvgIpc) is 3.34. The van der Waals surface area contributed by atoms with Gasteiger partial charge in [0, 0.05) is 23.6 Å². The zero-order valence-corrected chi connectivity index (χ0v) is 16.3. The maximum atomic E-state index is 6.23. The predicted octanol–water partition coefficient (Wildman–Crippen LogP) is 3.80. The molecular weight excluding hydrogens is 392 g/mol. The van der Waals surface area contributed by atoms with Gasteiger partial charge in [-0.05, 0) is 30.3 Å². The van der Waals surface area contributed by atoms with Crippen LogP contribution in [0.15, 0.2) is 55.1 Å². The number of benzene rings is 1. The van der Waals surface area contributed by atoms with Crippen LogP contribution in [0.4, 0.5) is 0 Å². The number of ether oxygens (including phenoxy) is 2. The molecule has 1 aromatic carbocycles. The standard InChI is InChI=1S/C20H15ClN6O2/c1-28-18-5-4-12(21)8-17(18)27-16-9-15(23-10-14(16)20(25-27)29-2)13-11-24-26-7-3-6-22-19(13)26/h3-11H,1-2H3. The molecule has 5 rings (SSSR count). The Labute approximate surface area is 170 Å². The lowest BCUT2D eigenvalue weighted by Crippen LogP contribution is -2.00. The van der Waals surface area contributed by atoms with Crippen LogP contribution >= 0.6 is 11.6 Å². The Hall–Kier alpha value is -3.65. The molecule has 5 aromatic rings. The zero-order valence-electron chi connectivity index (χ0n) is 15.6. The van der Waals surface area contributed by atoms with Crippen LogP contribution in [0.25, 0.3) is 33.5 Å². The summed E-state index contributed by atoms with van der Waals surface area (Å²) in [4.78, 5) is 9.01. The van der Waals surface area contributed by atoms with Crippen LogP contribution in [0.2, 0.25) is 5.02 Å². The first-order valence-corrected chi connectivity index (χ1v) is 9.13. The molecule has 8 nitrogen and oxygen atoms in total. The number of hydrogen-bond acceptors (Lipinski definition) is 6. The summed E-state index contributed by atoms with van der Waals surface area (Å²) in [5.74, 6) is 1.09. The first-order valence-electron chi connectivity index (χ1n) is 8.75. The van der Waals surface area contributed by atoms with Crippen molar-refractivity contribution < 1.29 is 9.47 Å². The topological polar surface area (TPSA) is 79.4 Å². The van der Waals surface area contributed by atoms with Gasteiger partial charge in [0.25, 0.3) is 0 Å². The second-order valence-corrected chi connectivity index (χ2v) is 6.71. The van der Waals surface area contributed by atoms with Gasteiger partial charge in [-0.1, -0.05) is 11.6 Å². The monoisotopic (exact) mass is 406 g/mol. The number of fused-ring (bicyclic) bond motifs is 2. The number of rotatable bonds is 4. The summed E-state index contributed by atoms with van der Waals surface area (Å²) in [7, 11) is 3.18. The first-order chi connectivity index (χ1) is 14.2. The number of nitrogens with zero attached hydrogens (tertiary/aromatic N) is 6. The Morgan fingerprint density at radius 2 is 1.93 bits per heavy atom. The molecule has 144 valence electrons. The molecule has 9 heteroatoms. The molecule has 0 bridgehead atoms. The minimum atomic E-state index is 0.457. The van der Waals surface area contributed by atoms with Crippen LogP contribution in [0.1, 0.15) is 0 Å². The zero-order chi connectivity index (χ0) is 20.0. The van der Waals surface area contributed by atoms with Crippen LogP contribution in [0, 0.1) is 0 Å². The van der Waals surface area contributed by atoms with E-state index in [2.05, 4.69) is 20.2 Å². The Kier molecular flexibility index (Phi) is 4.06. The second-order valence-electron chi connectivity index (χ2n) is 6.27. The van der Waals surface area contributed by atoms with Crippen molar-refractivity contribution >= 4 is 28.2 Å². The number of pyridine rings is 1. The Morgan fingerprint density at radius 3 is 2.76 bits per heavy atom. The fraction of sp³-hybridized carbons (Fsp3) is 0.100. The molecule has 0 radical (unpaired) electrons. The Morgan fingerprint density at radius 1 is 1.03 bits per heavy atom. The van der Waals surface area contributed by atoms with Crippen LogP contribution in [0.5, 0.6) is 11.6 Å². The third kappa shape index (κ3) is 2.76. The minimum Gasteiger partial charge on any atom is -0.494 e. The van der Waals surface area contributed by atoms with Gasteiger partial charge in [-0.2, -0.15) is 5.10 Å². The molecule has 0 aliphatic rings. The lowest BCUT2D eigenvalue weighted by molar-refractivity contribution is 0.395. The summed E-state index contributed by atoms with van der Waals surface area (Å²) in [5, 5.41) is 10.3. The lowest BCUT2D eigenvalue weighted by Gasteiger charge is -2.10.